The largest absolute Gasteiger partial charge is 0.289 e. The molecule has 0 aliphatic heterocycles. The first kappa shape index (κ1) is 11.6. The van der Waals surface area contributed by atoms with Gasteiger partial charge in [0.2, 0.25) is 0 Å². The van der Waals surface area contributed by atoms with Gasteiger partial charge in [-0.15, -0.1) is 0 Å². The molecule has 0 saturated heterocycles. The Hall–Kier alpha value is -0.460. The summed E-state index contributed by atoms with van der Waals surface area (Å²) in [7, 11) is -0.135. The van der Waals surface area contributed by atoms with Gasteiger partial charge in [-0.3, -0.25) is 10.1 Å². The van der Waals surface area contributed by atoms with Crippen LogP contribution < -0.4 is 5.09 Å². The number of rotatable bonds is 3. The van der Waals surface area contributed by atoms with E-state index in [2.05, 4.69) is 43.6 Å². The van der Waals surface area contributed by atoms with Crippen molar-refractivity contribution in [3.63, 3.8) is 0 Å². The lowest BCUT2D eigenvalue weighted by atomic mass is 10.3. The van der Waals surface area contributed by atoms with Crippen LogP contribution in [0.3, 0.4) is 0 Å². The third-order valence-corrected chi connectivity index (χ3v) is 4.87. The van der Waals surface area contributed by atoms with Gasteiger partial charge < -0.3 is 0 Å². The zero-order valence-electron chi connectivity index (χ0n) is 9.41. The number of hydrogen-bond acceptors (Lipinski definition) is 2. The summed E-state index contributed by atoms with van der Waals surface area (Å²) in [6, 6.07) is 6.03. The first-order valence-corrected chi connectivity index (χ1v) is 6.66. The van der Waals surface area contributed by atoms with E-state index in [4.69, 9.17) is 0 Å². The van der Waals surface area contributed by atoms with Gasteiger partial charge in [-0.2, -0.15) is 0 Å². The Kier molecular flexibility index (Phi) is 4.03. The molecule has 1 atom stereocenters. The topological polar surface area (TPSA) is 24.9 Å². The van der Waals surface area contributed by atoms with Gasteiger partial charge in [-0.1, -0.05) is 26.8 Å². The van der Waals surface area contributed by atoms with Crippen LogP contribution in [0.1, 0.15) is 26.5 Å². The SMILES string of the molecule is CP(NCc1ccccn1)C(C)(C)C. The van der Waals surface area contributed by atoms with E-state index >= 15 is 0 Å². The van der Waals surface area contributed by atoms with Crippen molar-refractivity contribution >= 4 is 8.07 Å². The quantitative estimate of drug-likeness (QED) is 0.776. The molecule has 2 nitrogen and oxygen atoms in total. The fourth-order valence-corrected chi connectivity index (χ4v) is 1.81. The number of aromatic nitrogens is 1. The summed E-state index contributed by atoms with van der Waals surface area (Å²) < 4.78 is 0. The van der Waals surface area contributed by atoms with E-state index in [0.717, 1.165) is 12.2 Å². The Morgan fingerprint density at radius 3 is 2.57 bits per heavy atom. The first-order valence-electron chi connectivity index (χ1n) is 4.87. The van der Waals surface area contributed by atoms with Crippen LogP contribution in [0.15, 0.2) is 24.4 Å². The smallest absolute Gasteiger partial charge is 0.0544 e. The molecule has 1 heterocycles. The minimum Gasteiger partial charge on any atom is -0.289 e. The maximum atomic E-state index is 4.28. The molecule has 0 aliphatic carbocycles. The zero-order valence-corrected chi connectivity index (χ0v) is 10.3. The summed E-state index contributed by atoms with van der Waals surface area (Å²) in [6.45, 7) is 9.96. The average molecular weight is 210 g/mol. The third kappa shape index (κ3) is 3.73. The van der Waals surface area contributed by atoms with Crippen molar-refractivity contribution in [2.45, 2.75) is 32.5 Å². The molecule has 0 aromatic carbocycles. The van der Waals surface area contributed by atoms with E-state index in [9.17, 15) is 0 Å². The van der Waals surface area contributed by atoms with Crippen LogP contribution in [-0.2, 0) is 6.54 Å². The van der Waals surface area contributed by atoms with Crippen molar-refractivity contribution in [1.82, 2.24) is 10.1 Å². The molecular formula is C11H19N2P. The summed E-state index contributed by atoms with van der Waals surface area (Å²) >= 11 is 0. The molecule has 78 valence electrons. The number of nitrogens with zero attached hydrogens (tertiary/aromatic N) is 1. The molecule has 0 fully saturated rings. The van der Waals surface area contributed by atoms with Gasteiger partial charge >= 0.3 is 0 Å². The Balaban J connectivity index is 2.42. The van der Waals surface area contributed by atoms with Crippen molar-refractivity contribution < 1.29 is 0 Å². The molecule has 0 amide bonds. The monoisotopic (exact) mass is 210 g/mol. The van der Waals surface area contributed by atoms with Gasteiger partial charge in [0.05, 0.1) is 5.69 Å². The molecule has 0 saturated carbocycles. The van der Waals surface area contributed by atoms with Gasteiger partial charge in [0, 0.05) is 12.7 Å². The maximum Gasteiger partial charge on any atom is 0.0544 e. The van der Waals surface area contributed by atoms with Gasteiger partial charge in [-0.25, -0.2) is 0 Å². The van der Waals surface area contributed by atoms with E-state index in [1.807, 2.05) is 18.3 Å². The van der Waals surface area contributed by atoms with Crippen LogP contribution >= 0.6 is 8.07 Å². The molecule has 14 heavy (non-hydrogen) atoms. The molecule has 1 unspecified atom stereocenters. The lowest BCUT2D eigenvalue weighted by Crippen LogP contribution is -2.21. The number of nitrogens with one attached hydrogen (secondary N) is 1. The summed E-state index contributed by atoms with van der Waals surface area (Å²) in [5.74, 6) is 0. The summed E-state index contributed by atoms with van der Waals surface area (Å²) in [4.78, 5) is 4.28. The highest BCUT2D eigenvalue weighted by atomic mass is 31.1. The minimum absolute atomic E-state index is 0.135. The fraction of sp³-hybridized carbons (Fsp3) is 0.545. The molecule has 0 aliphatic rings. The first-order chi connectivity index (χ1) is 6.50. The lowest BCUT2D eigenvalue weighted by Gasteiger charge is -2.28. The molecule has 0 bridgehead atoms. The predicted molar refractivity (Wildman–Crippen MR) is 63.7 cm³/mol. The molecule has 1 aromatic heterocycles. The second kappa shape index (κ2) is 4.86. The Morgan fingerprint density at radius 2 is 2.07 bits per heavy atom. The van der Waals surface area contributed by atoms with Crippen LogP contribution in [-0.4, -0.2) is 16.8 Å². The Morgan fingerprint density at radius 1 is 1.36 bits per heavy atom. The second-order valence-electron chi connectivity index (χ2n) is 4.39. The minimum atomic E-state index is -0.135. The lowest BCUT2D eigenvalue weighted by molar-refractivity contribution is 0.759. The van der Waals surface area contributed by atoms with Crippen LogP contribution in [0.2, 0.25) is 0 Å². The molecule has 1 aromatic rings. The Bertz CT molecular complexity index is 266. The highest BCUT2D eigenvalue weighted by molar-refractivity contribution is 7.56. The second-order valence-corrected chi connectivity index (χ2v) is 7.16. The van der Waals surface area contributed by atoms with Crippen molar-refractivity contribution in [2.24, 2.45) is 0 Å². The van der Waals surface area contributed by atoms with Crippen molar-refractivity contribution in [1.29, 1.82) is 0 Å². The molecule has 1 rings (SSSR count). The molecule has 0 spiro atoms. The van der Waals surface area contributed by atoms with Crippen LogP contribution in [0.25, 0.3) is 0 Å². The van der Waals surface area contributed by atoms with E-state index in [0.29, 0.717) is 5.16 Å². The highest BCUT2D eigenvalue weighted by Gasteiger charge is 2.18. The number of hydrogen-bond donors (Lipinski definition) is 1. The summed E-state index contributed by atoms with van der Waals surface area (Å²) in [5, 5.41) is 3.91. The van der Waals surface area contributed by atoms with E-state index in [1.54, 1.807) is 0 Å². The van der Waals surface area contributed by atoms with Crippen LogP contribution in [0.5, 0.6) is 0 Å². The van der Waals surface area contributed by atoms with Crippen LogP contribution in [0.4, 0.5) is 0 Å². The zero-order chi connectivity index (χ0) is 10.6. The van der Waals surface area contributed by atoms with Gasteiger partial charge in [-0.05, 0) is 32.0 Å². The van der Waals surface area contributed by atoms with E-state index in [1.165, 1.54) is 0 Å². The van der Waals surface area contributed by atoms with Crippen molar-refractivity contribution in [3.05, 3.63) is 30.1 Å². The van der Waals surface area contributed by atoms with Gasteiger partial charge in [0.25, 0.3) is 0 Å². The normalized spacial score (nSPS) is 14.0. The molecule has 3 heteroatoms. The van der Waals surface area contributed by atoms with E-state index < -0.39 is 0 Å². The van der Waals surface area contributed by atoms with E-state index in [-0.39, 0.29) is 8.07 Å². The van der Waals surface area contributed by atoms with Gasteiger partial charge in [0.1, 0.15) is 0 Å². The predicted octanol–water partition coefficient (Wildman–Crippen LogP) is 3.00. The number of pyridine rings is 1. The molecule has 1 N–H and O–H groups in total. The van der Waals surface area contributed by atoms with Crippen LogP contribution in [0, 0.1) is 0 Å². The van der Waals surface area contributed by atoms with Gasteiger partial charge in [0.15, 0.2) is 0 Å². The average Bonchev–Trinajstić information content (AvgIpc) is 2.14. The third-order valence-electron chi connectivity index (χ3n) is 2.23. The standard InChI is InChI=1S/C11H19N2P/c1-11(2,3)14(4)13-9-10-7-5-6-8-12-10/h5-8,13H,9H2,1-4H3. The highest BCUT2D eigenvalue weighted by Crippen LogP contribution is 2.41. The van der Waals surface area contributed by atoms with Crippen molar-refractivity contribution in [2.75, 3.05) is 6.66 Å². The molecular weight excluding hydrogens is 191 g/mol. The summed E-state index contributed by atoms with van der Waals surface area (Å²) in [5.41, 5.74) is 1.12. The molecule has 0 radical (unpaired) electrons. The fourth-order valence-electron chi connectivity index (χ4n) is 0.939. The van der Waals surface area contributed by atoms with Crippen molar-refractivity contribution in [3.8, 4) is 0 Å². The summed E-state index contributed by atoms with van der Waals surface area (Å²) in [6.07, 6.45) is 1.84. The maximum absolute atomic E-state index is 4.28. The Labute approximate surface area is 87.9 Å².